The number of carboxylic acid groups (broad SMARTS) is 1. The van der Waals surface area contributed by atoms with Crippen molar-refractivity contribution in [2.45, 2.75) is 37.0 Å². The first-order valence-corrected chi connectivity index (χ1v) is 9.06. The Bertz CT molecular complexity index is 788. The molecule has 0 aromatic carbocycles. The number of hydrogen-bond donors (Lipinski definition) is 5. The number of aromatic nitrogens is 4. The van der Waals surface area contributed by atoms with Crippen LogP contribution in [0, 0.1) is 0 Å². The lowest BCUT2D eigenvalue weighted by atomic mass is 10.1. The first-order valence-electron chi connectivity index (χ1n) is 7.91. The van der Waals surface area contributed by atoms with Gasteiger partial charge in [-0.25, -0.2) is 15.0 Å². The van der Waals surface area contributed by atoms with E-state index in [9.17, 15) is 15.0 Å². The third-order valence-electron chi connectivity index (χ3n) is 4.17. The minimum absolute atomic E-state index is 0.212. The summed E-state index contributed by atoms with van der Waals surface area (Å²) in [6, 6.07) is -0.919. The average Bonchev–Trinajstić information content (AvgIpc) is 3.15. The summed E-state index contributed by atoms with van der Waals surface area (Å²) in [5.74, 6) is 0.0405. The molecule has 2 aromatic rings. The summed E-state index contributed by atoms with van der Waals surface area (Å²) in [6.07, 6.45) is -0.747. The highest BCUT2D eigenvalue weighted by Gasteiger charge is 2.44. The van der Waals surface area contributed by atoms with E-state index in [-0.39, 0.29) is 5.82 Å². The van der Waals surface area contributed by atoms with E-state index >= 15 is 0 Å². The lowest BCUT2D eigenvalue weighted by molar-refractivity contribution is -0.138. The standard InChI is InChI=1S/C14H20N6O5S/c15-6(14(23)24)1-2-26-3-7-9(21)10(22)13(25-7)20-5-19-8-11(16)17-4-18-12(8)20/h4-7,9-10,13,21-22H,1-3,15H2,(H,23,24)(H2,16,17,18)/t6-,7-,9-,10-,13+/m0/s1. The second kappa shape index (κ2) is 7.72. The first kappa shape index (κ1) is 18.8. The van der Waals surface area contributed by atoms with Gasteiger partial charge in [0, 0.05) is 5.75 Å². The Kier molecular flexibility index (Phi) is 5.58. The number of thioether (sulfide) groups is 1. The van der Waals surface area contributed by atoms with Crippen molar-refractivity contribution in [3.8, 4) is 0 Å². The Morgan fingerprint density at radius 2 is 2.12 bits per heavy atom. The van der Waals surface area contributed by atoms with Gasteiger partial charge in [-0.2, -0.15) is 11.8 Å². The quantitative estimate of drug-likeness (QED) is 0.352. The molecule has 1 saturated heterocycles. The van der Waals surface area contributed by atoms with Crippen LogP contribution in [0.1, 0.15) is 12.6 Å². The number of ether oxygens (including phenoxy) is 1. The zero-order valence-electron chi connectivity index (χ0n) is 13.7. The van der Waals surface area contributed by atoms with E-state index in [0.717, 1.165) is 0 Å². The number of aliphatic hydroxyl groups is 2. The number of nitrogens with zero attached hydrogens (tertiary/aromatic N) is 4. The number of aliphatic hydroxyl groups excluding tert-OH is 2. The lowest BCUT2D eigenvalue weighted by Gasteiger charge is -2.16. The molecule has 1 fully saturated rings. The van der Waals surface area contributed by atoms with E-state index in [1.807, 2.05) is 0 Å². The minimum atomic E-state index is -1.17. The zero-order chi connectivity index (χ0) is 18.8. The molecule has 7 N–H and O–H groups in total. The van der Waals surface area contributed by atoms with E-state index in [1.165, 1.54) is 29.0 Å². The van der Waals surface area contributed by atoms with Gasteiger partial charge >= 0.3 is 5.97 Å². The molecule has 11 nitrogen and oxygen atoms in total. The number of nitrogens with two attached hydrogens (primary N) is 2. The van der Waals surface area contributed by atoms with Crippen LogP contribution in [0.5, 0.6) is 0 Å². The Balaban J connectivity index is 1.64. The zero-order valence-corrected chi connectivity index (χ0v) is 14.5. The molecule has 0 radical (unpaired) electrons. The predicted molar refractivity (Wildman–Crippen MR) is 93.2 cm³/mol. The molecule has 142 valence electrons. The highest BCUT2D eigenvalue weighted by molar-refractivity contribution is 7.99. The van der Waals surface area contributed by atoms with Gasteiger partial charge in [-0.05, 0) is 12.2 Å². The largest absolute Gasteiger partial charge is 0.480 e. The van der Waals surface area contributed by atoms with Crippen molar-refractivity contribution in [2.24, 2.45) is 5.73 Å². The van der Waals surface area contributed by atoms with Crippen LogP contribution in [0.4, 0.5) is 5.82 Å². The van der Waals surface area contributed by atoms with Crippen LogP contribution >= 0.6 is 11.8 Å². The van der Waals surface area contributed by atoms with Crippen LogP contribution in [-0.4, -0.2) is 76.7 Å². The van der Waals surface area contributed by atoms with Gasteiger partial charge in [0.25, 0.3) is 0 Å². The summed E-state index contributed by atoms with van der Waals surface area (Å²) < 4.78 is 7.29. The van der Waals surface area contributed by atoms with E-state index in [4.69, 9.17) is 21.3 Å². The molecule has 0 spiro atoms. The van der Waals surface area contributed by atoms with Gasteiger partial charge < -0.3 is 31.5 Å². The number of hydrogen-bond acceptors (Lipinski definition) is 10. The fraction of sp³-hybridized carbons (Fsp3) is 0.571. The number of nitrogen functional groups attached to an aromatic ring is 1. The molecule has 1 aliphatic rings. The van der Waals surface area contributed by atoms with Crippen molar-refractivity contribution >= 4 is 34.7 Å². The molecule has 0 amide bonds. The molecule has 0 bridgehead atoms. The number of aliphatic carboxylic acids is 1. The molecule has 26 heavy (non-hydrogen) atoms. The Hall–Kier alpha value is -1.99. The van der Waals surface area contributed by atoms with Gasteiger partial charge in [-0.15, -0.1) is 0 Å². The van der Waals surface area contributed by atoms with E-state index in [1.54, 1.807) is 0 Å². The first-order chi connectivity index (χ1) is 12.4. The maximum Gasteiger partial charge on any atom is 0.320 e. The van der Waals surface area contributed by atoms with Crippen LogP contribution in [-0.2, 0) is 9.53 Å². The molecule has 12 heteroatoms. The van der Waals surface area contributed by atoms with Crippen molar-refractivity contribution in [3.63, 3.8) is 0 Å². The summed E-state index contributed by atoms with van der Waals surface area (Å²) in [5.41, 5.74) is 12.0. The Morgan fingerprint density at radius 1 is 1.35 bits per heavy atom. The average molecular weight is 384 g/mol. The topological polar surface area (TPSA) is 183 Å². The number of anilines is 1. The van der Waals surface area contributed by atoms with Gasteiger partial charge in [0.15, 0.2) is 17.7 Å². The van der Waals surface area contributed by atoms with E-state index in [0.29, 0.717) is 29.1 Å². The number of carboxylic acids is 1. The molecular weight excluding hydrogens is 364 g/mol. The maximum absolute atomic E-state index is 10.7. The summed E-state index contributed by atoms with van der Waals surface area (Å²) in [6.45, 7) is 0. The second-order valence-electron chi connectivity index (χ2n) is 5.94. The fourth-order valence-electron chi connectivity index (χ4n) is 2.69. The monoisotopic (exact) mass is 384 g/mol. The Labute approximate surface area is 152 Å². The van der Waals surface area contributed by atoms with Crippen LogP contribution in [0.25, 0.3) is 11.2 Å². The third kappa shape index (κ3) is 3.59. The molecule has 2 aromatic heterocycles. The van der Waals surface area contributed by atoms with Gasteiger partial charge in [0.05, 0.1) is 12.4 Å². The number of fused-ring (bicyclic) bond motifs is 1. The lowest BCUT2D eigenvalue weighted by Crippen LogP contribution is -2.33. The number of imidazole rings is 1. The predicted octanol–water partition coefficient (Wildman–Crippen LogP) is -1.44. The molecule has 1 aliphatic heterocycles. The molecule has 0 saturated carbocycles. The SMILES string of the molecule is Nc1ncnc2c1ncn2[C@@H]1O[C@@H](CSCC[C@H](N)C(=O)O)[C@H](O)[C@@H]1O. The smallest absolute Gasteiger partial charge is 0.320 e. The normalized spacial score (nSPS) is 27.0. The van der Waals surface area contributed by atoms with Gasteiger partial charge in [0.1, 0.15) is 30.1 Å². The summed E-state index contributed by atoms with van der Waals surface area (Å²) in [5, 5.41) is 29.3. The highest BCUT2D eigenvalue weighted by Crippen LogP contribution is 2.33. The van der Waals surface area contributed by atoms with Gasteiger partial charge in [-0.3, -0.25) is 9.36 Å². The maximum atomic E-state index is 10.7. The molecule has 0 aliphatic carbocycles. The van der Waals surface area contributed by atoms with Crippen molar-refractivity contribution < 1.29 is 24.9 Å². The van der Waals surface area contributed by atoms with Crippen LogP contribution in [0.2, 0.25) is 0 Å². The number of rotatable bonds is 7. The molecule has 0 unspecified atom stereocenters. The summed E-state index contributed by atoms with van der Waals surface area (Å²) in [4.78, 5) is 22.8. The molecule has 5 atom stereocenters. The van der Waals surface area contributed by atoms with Gasteiger partial charge in [0.2, 0.25) is 0 Å². The molecular formula is C14H20N6O5S. The summed E-state index contributed by atoms with van der Waals surface area (Å²) >= 11 is 1.40. The molecule has 3 rings (SSSR count). The van der Waals surface area contributed by atoms with Crippen molar-refractivity contribution in [1.82, 2.24) is 19.5 Å². The third-order valence-corrected chi connectivity index (χ3v) is 5.26. The fourth-order valence-corrected chi connectivity index (χ4v) is 3.78. The number of carbonyl (C=O) groups is 1. The van der Waals surface area contributed by atoms with E-state index < -0.39 is 36.6 Å². The van der Waals surface area contributed by atoms with Crippen LogP contribution in [0.3, 0.4) is 0 Å². The minimum Gasteiger partial charge on any atom is -0.480 e. The van der Waals surface area contributed by atoms with Crippen molar-refractivity contribution in [2.75, 3.05) is 17.2 Å². The van der Waals surface area contributed by atoms with Crippen LogP contribution < -0.4 is 11.5 Å². The van der Waals surface area contributed by atoms with Crippen molar-refractivity contribution in [3.05, 3.63) is 12.7 Å². The van der Waals surface area contributed by atoms with E-state index in [2.05, 4.69) is 15.0 Å². The molecule has 3 heterocycles. The second-order valence-corrected chi connectivity index (χ2v) is 7.09. The Morgan fingerprint density at radius 3 is 2.85 bits per heavy atom. The van der Waals surface area contributed by atoms with Crippen LogP contribution in [0.15, 0.2) is 12.7 Å². The van der Waals surface area contributed by atoms with Gasteiger partial charge in [-0.1, -0.05) is 0 Å². The summed E-state index contributed by atoms with van der Waals surface area (Å²) in [7, 11) is 0. The highest BCUT2D eigenvalue weighted by atomic mass is 32.2. The van der Waals surface area contributed by atoms with Crippen molar-refractivity contribution in [1.29, 1.82) is 0 Å².